The number of nitrogens with one attached hydrogen (secondary N) is 1. The van der Waals surface area contributed by atoms with Gasteiger partial charge in [-0.2, -0.15) is 4.99 Å². The predicted molar refractivity (Wildman–Crippen MR) is 64.9 cm³/mol. The van der Waals surface area contributed by atoms with E-state index in [9.17, 15) is 0 Å². The molecule has 0 aliphatic heterocycles. The number of aryl methyl sites for hydroxylation is 2. The van der Waals surface area contributed by atoms with Crippen molar-refractivity contribution in [2.24, 2.45) is 4.99 Å². The van der Waals surface area contributed by atoms with Crippen LogP contribution in [0.15, 0.2) is 17.4 Å². The van der Waals surface area contributed by atoms with Crippen molar-refractivity contribution in [2.45, 2.75) is 20.3 Å². The van der Waals surface area contributed by atoms with E-state index < -0.39 is 0 Å². The van der Waals surface area contributed by atoms with Gasteiger partial charge in [0, 0.05) is 5.56 Å². The summed E-state index contributed by atoms with van der Waals surface area (Å²) in [6.45, 7) is 4.11. The van der Waals surface area contributed by atoms with Crippen LogP contribution in [-0.2, 0) is 6.42 Å². The number of nitrogens with zero attached hydrogens (tertiary/aromatic N) is 2. The van der Waals surface area contributed by atoms with E-state index in [1.165, 1.54) is 0 Å². The molecule has 1 aromatic carbocycles. The third-order valence-corrected chi connectivity index (χ3v) is 2.59. The van der Waals surface area contributed by atoms with Gasteiger partial charge in [-0.1, -0.05) is 6.92 Å². The summed E-state index contributed by atoms with van der Waals surface area (Å²) in [4.78, 5) is 11.5. The van der Waals surface area contributed by atoms with Crippen molar-refractivity contribution in [3.05, 3.63) is 23.5 Å². The van der Waals surface area contributed by atoms with Crippen LogP contribution in [0.25, 0.3) is 11.0 Å². The standard InChI is InChI=1S/C11H11N3S/c1-3-8-9(14-6-15)4-7(2)10-11(8)13-5-12-10/h4-5H,3H2,1-2H3,(H,12,13). The number of thiocarbonyl (C=S) groups is 1. The Morgan fingerprint density at radius 3 is 3.07 bits per heavy atom. The zero-order valence-electron chi connectivity index (χ0n) is 8.66. The molecule has 15 heavy (non-hydrogen) atoms. The molecule has 0 aliphatic carbocycles. The Balaban J connectivity index is 2.86. The number of aromatic nitrogens is 2. The van der Waals surface area contributed by atoms with Gasteiger partial charge in [0.1, 0.15) is 0 Å². The van der Waals surface area contributed by atoms with Crippen LogP contribution in [0.3, 0.4) is 0 Å². The van der Waals surface area contributed by atoms with Crippen molar-refractivity contribution in [2.75, 3.05) is 0 Å². The van der Waals surface area contributed by atoms with Gasteiger partial charge in [0.25, 0.3) is 0 Å². The van der Waals surface area contributed by atoms with E-state index in [4.69, 9.17) is 0 Å². The molecule has 4 heteroatoms. The fraction of sp³-hybridized carbons (Fsp3) is 0.273. The Kier molecular flexibility index (Phi) is 2.62. The lowest BCUT2D eigenvalue weighted by molar-refractivity contribution is 1.14. The van der Waals surface area contributed by atoms with Gasteiger partial charge in [0.2, 0.25) is 0 Å². The van der Waals surface area contributed by atoms with Gasteiger partial charge in [0.15, 0.2) is 0 Å². The fourth-order valence-corrected chi connectivity index (χ4v) is 1.92. The van der Waals surface area contributed by atoms with Crippen molar-refractivity contribution in [1.29, 1.82) is 0 Å². The first kappa shape index (κ1) is 10.0. The molecule has 0 saturated heterocycles. The Labute approximate surface area is 93.3 Å². The molecule has 0 amide bonds. The van der Waals surface area contributed by atoms with E-state index in [0.29, 0.717) is 0 Å². The molecule has 1 aromatic heterocycles. The van der Waals surface area contributed by atoms with Crippen LogP contribution >= 0.6 is 12.2 Å². The Morgan fingerprint density at radius 1 is 1.60 bits per heavy atom. The highest BCUT2D eigenvalue weighted by Crippen LogP contribution is 2.29. The third kappa shape index (κ3) is 1.58. The highest BCUT2D eigenvalue weighted by molar-refractivity contribution is 7.78. The molecule has 2 rings (SSSR count). The SMILES string of the molecule is CCc1c(N=C=S)cc(C)c2nc[nH]c12. The molecular formula is C11H11N3S. The second-order valence-electron chi connectivity index (χ2n) is 3.37. The smallest absolute Gasteiger partial charge is 0.0932 e. The molecule has 76 valence electrons. The van der Waals surface area contributed by atoms with E-state index in [2.05, 4.69) is 39.3 Å². The van der Waals surface area contributed by atoms with E-state index >= 15 is 0 Å². The maximum absolute atomic E-state index is 4.64. The minimum atomic E-state index is 0.891. The van der Waals surface area contributed by atoms with Crippen molar-refractivity contribution in [1.82, 2.24) is 9.97 Å². The summed E-state index contributed by atoms with van der Waals surface area (Å²) in [5.41, 5.74) is 5.20. The summed E-state index contributed by atoms with van der Waals surface area (Å²) in [5, 5.41) is 2.42. The van der Waals surface area contributed by atoms with Crippen molar-refractivity contribution in [3.63, 3.8) is 0 Å². The van der Waals surface area contributed by atoms with Gasteiger partial charge < -0.3 is 4.98 Å². The fourth-order valence-electron chi connectivity index (χ4n) is 1.82. The molecule has 0 atom stereocenters. The van der Waals surface area contributed by atoms with Gasteiger partial charge in [-0.05, 0) is 37.2 Å². The maximum Gasteiger partial charge on any atom is 0.0932 e. The van der Waals surface area contributed by atoms with Crippen molar-refractivity contribution < 1.29 is 0 Å². The quantitative estimate of drug-likeness (QED) is 0.620. The number of isothiocyanates is 1. The van der Waals surface area contributed by atoms with Crippen LogP contribution in [-0.4, -0.2) is 15.1 Å². The van der Waals surface area contributed by atoms with E-state index in [1.807, 2.05) is 13.0 Å². The average Bonchev–Trinajstić information content (AvgIpc) is 2.68. The van der Waals surface area contributed by atoms with Crippen LogP contribution in [0.1, 0.15) is 18.1 Å². The first-order valence-electron chi connectivity index (χ1n) is 4.81. The number of fused-ring (bicyclic) bond motifs is 1. The van der Waals surface area contributed by atoms with Crippen LogP contribution in [0.2, 0.25) is 0 Å². The number of aromatic amines is 1. The molecule has 0 bridgehead atoms. The second-order valence-corrected chi connectivity index (χ2v) is 3.56. The van der Waals surface area contributed by atoms with E-state index in [0.717, 1.165) is 34.3 Å². The average molecular weight is 217 g/mol. The summed E-state index contributed by atoms with van der Waals surface area (Å²) in [5.74, 6) is 0. The van der Waals surface area contributed by atoms with Crippen LogP contribution < -0.4 is 0 Å². The normalized spacial score (nSPS) is 10.3. The lowest BCUT2D eigenvalue weighted by Crippen LogP contribution is -1.87. The highest BCUT2D eigenvalue weighted by atomic mass is 32.1. The number of aliphatic imine (C=N–C) groups is 1. The van der Waals surface area contributed by atoms with Gasteiger partial charge in [-0.15, -0.1) is 0 Å². The number of benzene rings is 1. The largest absolute Gasteiger partial charge is 0.344 e. The first-order chi connectivity index (χ1) is 7.27. The lowest BCUT2D eigenvalue weighted by atomic mass is 10.0. The Hall–Kier alpha value is -1.51. The topological polar surface area (TPSA) is 41.0 Å². The summed E-state index contributed by atoms with van der Waals surface area (Å²) in [6, 6.07) is 2.00. The van der Waals surface area contributed by atoms with Gasteiger partial charge in [-0.3, -0.25) is 0 Å². The molecule has 3 nitrogen and oxygen atoms in total. The number of rotatable bonds is 2. The molecular weight excluding hydrogens is 206 g/mol. The molecule has 1 heterocycles. The second kappa shape index (κ2) is 3.93. The summed E-state index contributed by atoms with van der Waals surface area (Å²) in [6.07, 6.45) is 2.61. The van der Waals surface area contributed by atoms with Gasteiger partial charge in [0.05, 0.1) is 28.2 Å². The van der Waals surface area contributed by atoms with Crippen molar-refractivity contribution in [3.8, 4) is 0 Å². The zero-order valence-corrected chi connectivity index (χ0v) is 9.48. The molecule has 0 saturated carbocycles. The lowest BCUT2D eigenvalue weighted by Gasteiger charge is -2.05. The number of hydrogen-bond donors (Lipinski definition) is 1. The van der Waals surface area contributed by atoms with Gasteiger partial charge in [-0.25, -0.2) is 4.98 Å². The monoisotopic (exact) mass is 217 g/mol. The van der Waals surface area contributed by atoms with Crippen LogP contribution in [0.4, 0.5) is 5.69 Å². The zero-order chi connectivity index (χ0) is 10.8. The highest BCUT2D eigenvalue weighted by Gasteiger charge is 2.09. The Bertz CT molecular complexity index is 550. The number of hydrogen-bond acceptors (Lipinski definition) is 3. The first-order valence-corrected chi connectivity index (χ1v) is 5.22. The van der Waals surface area contributed by atoms with E-state index in [-0.39, 0.29) is 0 Å². The molecule has 0 aliphatic rings. The van der Waals surface area contributed by atoms with Gasteiger partial charge >= 0.3 is 0 Å². The van der Waals surface area contributed by atoms with Crippen LogP contribution in [0, 0.1) is 6.92 Å². The number of H-pyrrole nitrogens is 1. The summed E-state index contributed by atoms with van der Waals surface area (Å²) >= 11 is 4.64. The molecule has 0 radical (unpaired) electrons. The Morgan fingerprint density at radius 2 is 2.40 bits per heavy atom. The minimum Gasteiger partial charge on any atom is -0.344 e. The summed E-state index contributed by atoms with van der Waals surface area (Å²) < 4.78 is 0. The predicted octanol–water partition coefficient (Wildman–Crippen LogP) is 3.17. The van der Waals surface area contributed by atoms with E-state index in [1.54, 1.807) is 6.33 Å². The number of imidazole rings is 1. The molecule has 0 unspecified atom stereocenters. The molecule has 1 N–H and O–H groups in total. The molecule has 0 spiro atoms. The third-order valence-electron chi connectivity index (χ3n) is 2.50. The van der Waals surface area contributed by atoms with Crippen molar-refractivity contribution >= 4 is 34.1 Å². The molecule has 0 fully saturated rings. The minimum absolute atomic E-state index is 0.891. The molecule has 2 aromatic rings. The summed E-state index contributed by atoms with van der Waals surface area (Å²) in [7, 11) is 0. The maximum atomic E-state index is 4.64. The van der Waals surface area contributed by atoms with Crippen LogP contribution in [0.5, 0.6) is 0 Å².